The summed E-state index contributed by atoms with van der Waals surface area (Å²) >= 11 is 0. The molecule has 0 aliphatic heterocycles. The van der Waals surface area contributed by atoms with Crippen LogP contribution in [0.2, 0.25) is 0 Å². The Labute approximate surface area is 93.6 Å². The molecule has 0 aromatic rings. The van der Waals surface area contributed by atoms with Gasteiger partial charge in [-0.25, -0.2) is 0 Å². The summed E-state index contributed by atoms with van der Waals surface area (Å²) < 4.78 is 4.82. The minimum absolute atomic E-state index is 0.172. The number of aliphatic hydroxyl groups excluding tert-OH is 1. The van der Waals surface area contributed by atoms with Crippen LogP contribution in [0.1, 0.15) is 44.9 Å². The summed E-state index contributed by atoms with van der Waals surface area (Å²) in [6.45, 7) is 0.172. The summed E-state index contributed by atoms with van der Waals surface area (Å²) in [4.78, 5) is 0. The molecular formula is C13H24O2. The maximum absolute atomic E-state index is 8.51. The van der Waals surface area contributed by atoms with Gasteiger partial charge in [-0.2, -0.15) is 0 Å². The molecule has 0 fully saturated rings. The highest BCUT2D eigenvalue weighted by Gasteiger charge is 1.88. The van der Waals surface area contributed by atoms with Crippen molar-refractivity contribution < 1.29 is 9.84 Å². The van der Waals surface area contributed by atoms with Crippen molar-refractivity contribution in [3.8, 4) is 0 Å². The number of hydrogen-bond acceptors (Lipinski definition) is 2. The van der Waals surface area contributed by atoms with Crippen LogP contribution < -0.4 is 0 Å². The van der Waals surface area contributed by atoms with Gasteiger partial charge < -0.3 is 9.84 Å². The molecule has 0 rings (SSSR count). The lowest BCUT2D eigenvalue weighted by Gasteiger charge is -1.98. The van der Waals surface area contributed by atoms with Crippen molar-refractivity contribution in [3.63, 3.8) is 0 Å². The Bertz CT molecular complexity index is 144. The van der Waals surface area contributed by atoms with Gasteiger partial charge in [0, 0.05) is 0 Å². The van der Waals surface area contributed by atoms with Gasteiger partial charge in [0.05, 0.1) is 20.0 Å². The van der Waals surface area contributed by atoms with Crippen LogP contribution in [0.25, 0.3) is 0 Å². The second kappa shape index (κ2) is 13.2. The second-order valence-electron chi connectivity index (χ2n) is 3.61. The van der Waals surface area contributed by atoms with E-state index >= 15 is 0 Å². The van der Waals surface area contributed by atoms with Gasteiger partial charge in [0.15, 0.2) is 0 Å². The summed E-state index contributed by atoms with van der Waals surface area (Å²) in [6.07, 6.45) is 16.3. The number of rotatable bonds is 10. The fourth-order valence-electron chi connectivity index (χ4n) is 1.41. The van der Waals surface area contributed by atoms with Gasteiger partial charge in [0.25, 0.3) is 0 Å². The van der Waals surface area contributed by atoms with Crippen molar-refractivity contribution in [1.82, 2.24) is 0 Å². The van der Waals surface area contributed by atoms with Crippen LogP contribution in [0.4, 0.5) is 0 Å². The lowest BCUT2D eigenvalue weighted by molar-refractivity contribution is 0.336. The average molecular weight is 212 g/mol. The first kappa shape index (κ1) is 14.2. The average Bonchev–Trinajstić information content (AvgIpc) is 2.26. The third-order valence-corrected chi connectivity index (χ3v) is 2.25. The van der Waals surface area contributed by atoms with Crippen LogP contribution in [0.15, 0.2) is 24.5 Å². The van der Waals surface area contributed by atoms with Gasteiger partial charge in [-0.15, -0.1) is 0 Å². The molecule has 88 valence electrons. The maximum Gasteiger partial charge on any atom is 0.0784 e. The molecule has 0 aromatic heterocycles. The van der Waals surface area contributed by atoms with E-state index in [1.54, 1.807) is 13.4 Å². The zero-order chi connectivity index (χ0) is 11.2. The Hall–Kier alpha value is -0.760. The molecule has 0 saturated heterocycles. The van der Waals surface area contributed by atoms with E-state index in [1.807, 2.05) is 6.08 Å². The SMILES string of the molecule is CO/C=C/CCCCCCC/C=C/CO. The first-order valence-electron chi connectivity index (χ1n) is 5.85. The summed E-state index contributed by atoms with van der Waals surface area (Å²) in [5.41, 5.74) is 0. The molecule has 0 bridgehead atoms. The Balaban J connectivity index is 2.98. The maximum atomic E-state index is 8.51. The largest absolute Gasteiger partial charge is 0.505 e. The zero-order valence-corrected chi connectivity index (χ0v) is 9.82. The molecule has 2 nitrogen and oxygen atoms in total. The predicted octanol–water partition coefficient (Wildman–Crippen LogP) is 3.43. The molecule has 0 unspecified atom stereocenters. The van der Waals surface area contributed by atoms with Crippen LogP contribution in [0.5, 0.6) is 0 Å². The Morgan fingerprint density at radius 1 is 0.867 bits per heavy atom. The molecule has 15 heavy (non-hydrogen) atoms. The number of ether oxygens (including phenoxy) is 1. The van der Waals surface area contributed by atoms with E-state index in [-0.39, 0.29) is 6.61 Å². The molecular weight excluding hydrogens is 188 g/mol. The summed E-state index contributed by atoms with van der Waals surface area (Å²) in [5.74, 6) is 0. The van der Waals surface area contributed by atoms with Crippen molar-refractivity contribution in [1.29, 1.82) is 0 Å². The lowest BCUT2D eigenvalue weighted by Crippen LogP contribution is -1.79. The fourth-order valence-corrected chi connectivity index (χ4v) is 1.41. The molecule has 0 saturated carbocycles. The number of methoxy groups -OCH3 is 1. The van der Waals surface area contributed by atoms with Crippen LogP contribution in [-0.2, 0) is 4.74 Å². The Morgan fingerprint density at radius 3 is 2.07 bits per heavy atom. The summed E-state index contributed by atoms with van der Waals surface area (Å²) in [7, 11) is 1.68. The molecule has 0 heterocycles. The Morgan fingerprint density at radius 2 is 1.47 bits per heavy atom. The predicted molar refractivity (Wildman–Crippen MR) is 64.7 cm³/mol. The molecule has 0 amide bonds. The van der Waals surface area contributed by atoms with Gasteiger partial charge in [-0.05, 0) is 31.8 Å². The zero-order valence-electron chi connectivity index (χ0n) is 9.82. The van der Waals surface area contributed by atoms with Crippen LogP contribution in [0.3, 0.4) is 0 Å². The van der Waals surface area contributed by atoms with Gasteiger partial charge in [-0.3, -0.25) is 0 Å². The van der Waals surface area contributed by atoms with Crippen molar-refractivity contribution >= 4 is 0 Å². The van der Waals surface area contributed by atoms with Crippen LogP contribution >= 0.6 is 0 Å². The van der Waals surface area contributed by atoms with Crippen molar-refractivity contribution in [2.24, 2.45) is 0 Å². The number of allylic oxidation sites excluding steroid dienone is 2. The molecule has 0 aromatic carbocycles. The first-order valence-corrected chi connectivity index (χ1v) is 5.85. The molecule has 1 N–H and O–H groups in total. The summed E-state index contributed by atoms with van der Waals surface area (Å²) in [6, 6.07) is 0. The number of unbranched alkanes of at least 4 members (excludes halogenated alkanes) is 6. The number of hydrogen-bond donors (Lipinski definition) is 1. The standard InChI is InChI=1S/C13H24O2/c1-15-13-11-9-7-5-3-2-4-6-8-10-12-14/h8,10-11,13-14H,2-7,9,12H2,1H3/b10-8+,13-11+. The molecule has 0 aliphatic rings. The molecule has 0 atom stereocenters. The van der Waals surface area contributed by atoms with Gasteiger partial charge in [0.2, 0.25) is 0 Å². The topological polar surface area (TPSA) is 29.5 Å². The summed E-state index contributed by atoms with van der Waals surface area (Å²) in [5, 5.41) is 8.51. The highest BCUT2D eigenvalue weighted by atomic mass is 16.5. The van der Waals surface area contributed by atoms with Gasteiger partial charge in [0.1, 0.15) is 0 Å². The molecule has 0 aliphatic carbocycles. The van der Waals surface area contributed by atoms with E-state index in [0.717, 1.165) is 12.8 Å². The van der Waals surface area contributed by atoms with Crippen LogP contribution in [-0.4, -0.2) is 18.8 Å². The van der Waals surface area contributed by atoms with Crippen molar-refractivity contribution in [2.45, 2.75) is 44.9 Å². The quantitative estimate of drug-likeness (QED) is 0.341. The van der Waals surface area contributed by atoms with Gasteiger partial charge >= 0.3 is 0 Å². The molecule has 0 spiro atoms. The third kappa shape index (κ3) is 13.2. The van der Waals surface area contributed by atoms with E-state index in [2.05, 4.69) is 12.2 Å². The lowest BCUT2D eigenvalue weighted by atomic mass is 10.1. The van der Waals surface area contributed by atoms with Crippen molar-refractivity contribution in [3.05, 3.63) is 24.5 Å². The highest BCUT2D eigenvalue weighted by molar-refractivity contribution is 4.80. The monoisotopic (exact) mass is 212 g/mol. The normalized spacial score (nSPS) is 11.6. The Kier molecular flexibility index (Phi) is 12.6. The van der Waals surface area contributed by atoms with Crippen molar-refractivity contribution in [2.75, 3.05) is 13.7 Å². The van der Waals surface area contributed by atoms with E-state index in [9.17, 15) is 0 Å². The molecule has 2 heteroatoms. The minimum atomic E-state index is 0.172. The van der Waals surface area contributed by atoms with Crippen LogP contribution in [0, 0.1) is 0 Å². The minimum Gasteiger partial charge on any atom is -0.505 e. The first-order chi connectivity index (χ1) is 7.41. The van der Waals surface area contributed by atoms with E-state index in [4.69, 9.17) is 9.84 Å². The van der Waals surface area contributed by atoms with E-state index in [0.29, 0.717) is 0 Å². The number of aliphatic hydroxyl groups is 1. The third-order valence-electron chi connectivity index (χ3n) is 2.25. The van der Waals surface area contributed by atoms with E-state index < -0.39 is 0 Å². The highest BCUT2D eigenvalue weighted by Crippen LogP contribution is 2.07. The molecule has 0 radical (unpaired) electrons. The second-order valence-corrected chi connectivity index (χ2v) is 3.61. The fraction of sp³-hybridized carbons (Fsp3) is 0.692. The smallest absolute Gasteiger partial charge is 0.0784 e. The van der Waals surface area contributed by atoms with Gasteiger partial charge in [-0.1, -0.05) is 31.4 Å². The van der Waals surface area contributed by atoms with E-state index in [1.165, 1.54) is 32.1 Å².